The van der Waals surface area contributed by atoms with Gasteiger partial charge in [0.15, 0.2) is 0 Å². The zero-order valence-electron chi connectivity index (χ0n) is 7.40. The van der Waals surface area contributed by atoms with E-state index in [0.717, 1.165) is 6.42 Å². The van der Waals surface area contributed by atoms with Gasteiger partial charge in [-0.05, 0) is 12.0 Å². The van der Waals surface area contributed by atoms with E-state index in [1.807, 2.05) is 18.2 Å². The van der Waals surface area contributed by atoms with Gasteiger partial charge < -0.3 is 10.5 Å². The van der Waals surface area contributed by atoms with Crippen LogP contribution in [0.2, 0.25) is 0 Å². The summed E-state index contributed by atoms with van der Waals surface area (Å²) in [7, 11) is 0. The van der Waals surface area contributed by atoms with Gasteiger partial charge in [-0.3, -0.25) is 0 Å². The van der Waals surface area contributed by atoms with Gasteiger partial charge in [-0.15, -0.1) is 12.4 Å². The first-order valence-corrected chi connectivity index (χ1v) is 4.19. The van der Waals surface area contributed by atoms with Crippen LogP contribution < -0.4 is 5.73 Å². The van der Waals surface area contributed by atoms with Crippen LogP contribution in [0, 0.1) is 0 Å². The largest absolute Gasteiger partial charge is 0.377 e. The fraction of sp³-hybridized carbons (Fsp3) is 0.400. The molecule has 1 aromatic carbocycles. The van der Waals surface area contributed by atoms with Crippen LogP contribution >= 0.6 is 12.4 Å². The Hall–Kier alpha value is -0.570. The Bertz CT molecular complexity index is 259. The Kier molecular flexibility index (Phi) is 3.31. The maximum atomic E-state index is 6.01. The summed E-state index contributed by atoms with van der Waals surface area (Å²) in [6.45, 7) is 1.39. The first kappa shape index (κ1) is 10.5. The lowest BCUT2D eigenvalue weighted by atomic mass is 9.90. The molecule has 0 unspecified atom stereocenters. The lowest BCUT2D eigenvalue weighted by Gasteiger charge is -2.37. The molecule has 0 saturated carbocycles. The van der Waals surface area contributed by atoms with Crippen LogP contribution in [0.1, 0.15) is 5.56 Å². The Balaban J connectivity index is 0.000000845. The summed E-state index contributed by atoms with van der Waals surface area (Å²) >= 11 is 0. The fourth-order valence-electron chi connectivity index (χ4n) is 1.47. The summed E-state index contributed by atoms with van der Waals surface area (Å²) in [6.07, 6.45) is 0.924. The first-order chi connectivity index (χ1) is 5.79. The van der Waals surface area contributed by atoms with Crippen molar-refractivity contribution in [3.63, 3.8) is 0 Å². The molecule has 1 saturated heterocycles. The molecule has 0 aliphatic carbocycles. The van der Waals surface area contributed by atoms with Crippen molar-refractivity contribution in [1.29, 1.82) is 0 Å². The highest BCUT2D eigenvalue weighted by molar-refractivity contribution is 5.85. The second kappa shape index (κ2) is 4.09. The summed E-state index contributed by atoms with van der Waals surface area (Å²) < 4.78 is 5.09. The summed E-state index contributed by atoms with van der Waals surface area (Å²) in [5.74, 6) is 0. The lowest BCUT2D eigenvalue weighted by Crippen LogP contribution is -2.58. The summed E-state index contributed by atoms with van der Waals surface area (Å²) in [5.41, 5.74) is 7.21. The standard InChI is InChI=1S/C10H13NO.ClH/c11-10(7-12-8-10)6-9-4-2-1-3-5-9;/h1-5H,6-8,11H2;1H. The molecule has 0 amide bonds. The summed E-state index contributed by atoms with van der Waals surface area (Å²) in [6, 6.07) is 10.3. The van der Waals surface area contributed by atoms with Crippen LogP contribution in [-0.4, -0.2) is 18.8 Å². The van der Waals surface area contributed by atoms with E-state index >= 15 is 0 Å². The number of hydrogen-bond acceptors (Lipinski definition) is 2. The fourth-order valence-corrected chi connectivity index (χ4v) is 1.47. The van der Waals surface area contributed by atoms with E-state index in [1.165, 1.54) is 5.56 Å². The minimum atomic E-state index is -0.0959. The van der Waals surface area contributed by atoms with E-state index in [4.69, 9.17) is 10.5 Å². The van der Waals surface area contributed by atoms with Gasteiger partial charge in [-0.2, -0.15) is 0 Å². The molecular weight excluding hydrogens is 186 g/mol. The average Bonchev–Trinajstić information content (AvgIpc) is 2.04. The van der Waals surface area contributed by atoms with E-state index in [0.29, 0.717) is 13.2 Å². The Morgan fingerprint density at radius 1 is 1.23 bits per heavy atom. The van der Waals surface area contributed by atoms with Gasteiger partial charge in [0.2, 0.25) is 0 Å². The minimum absolute atomic E-state index is 0. The molecule has 1 aromatic rings. The predicted octanol–water partition coefficient (Wildman–Crippen LogP) is 1.38. The highest BCUT2D eigenvalue weighted by Gasteiger charge is 2.33. The van der Waals surface area contributed by atoms with Crippen molar-refractivity contribution < 1.29 is 4.74 Å². The van der Waals surface area contributed by atoms with Crippen LogP contribution in [0.5, 0.6) is 0 Å². The molecule has 0 atom stereocenters. The highest BCUT2D eigenvalue weighted by atomic mass is 35.5. The van der Waals surface area contributed by atoms with Gasteiger partial charge in [0.1, 0.15) is 0 Å². The number of benzene rings is 1. The van der Waals surface area contributed by atoms with Crippen molar-refractivity contribution in [1.82, 2.24) is 0 Å². The zero-order valence-corrected chi connectivity index (χ0v) is 8.22. The molecule has 3 heteroatoms. The molecular formula is C10H14ClNO. The van der Waals surface area contributed by atoms with Gasteiger partial charge in [0.05, 0.1) is 18.8 Å². The second-order valence-electron chi connectivity index (χ2n) is 3.52. The molecule has 1 fully saturated rings. The molecule has 0 aromatic heterocycles. The SMILES string of the molecule is Cl.NC1(Cc2ccccc2)COC1. The summed E-state index contributed by atoms with van der Waals surface area (Å²) in [5, 5.41) is 0. The normalized spacial score (nSPS) is 18.5. The van der Waals surface area contributed by atoms with E-state index in [1.54, 1.807) is 0 Å². The molecule has 0 spiro atoms. The molecule has 2 nitrogen and oxygen atoms in total. The molecule has 2 rings (SSSR count). The van der Waals surface area contributed by atoms with Crippen LogP contribution in [0.25, 0.3) is 0 Å². The van der Waals surface area contributed by atoms with Crippen molar-refractivity contribution >= 4 is 12.4 Å². The van der Waals surface area contributed by atoms with Gasteiger partial charge in [0, 0.05) is 0 Å². The molecule has 0 radical (unpaired) electrons. The average molecular weight is 200 g/mol. The van der Waals surface area contributed by atoms with Gasteiger partial charge in [-0.1, -0.05) is 30.3 Å². The maximum Gasteiger partial charge on any atom is 0.0673 e. The van der Waals surface area contributed by atoms with E-state index < -0.39 is 0 Å². The van der Waals surface area contributed by atoms with Crippen LogP contribution in [0.4, 0.5) is 0 Å². The Labute approximate surface area is 84.5 Å². The molecule has 1 aliphatic rings. The van der Waals surface area contributed by atoms with E-state index in [-0.39, 0.29) is 17.9 Å². The molecule has 1 heterocycles. The molecule has 0 bridgehead atoms. The van der Waals surface area contributed by atoms with E-state index in [2.05, 4.69) is 12.1 Å². The van der Waals surface area contributed by atoms with Crippen molar-refractivity contribution in [3.8, 4) is 0 Å². The number of rotatable bonds is 2. The van der Waals surface area contributed by atoms with Crippen LogP contribution in [0.3, 0.4) is 0 Å². The number of hydrogen-bond donors (Lipinski definition) is 1. The smallest absolute Gasteiger partial charge is 0.0673 e. The number of halogens is 1. The number of nitrogens with two attached hydrogens (primary N) is 1. The van der Waals surface area contributed by atoms with Crippen LogP contribution in [-0.2, 0) is 11.2 Å². The molecule has 13 heavy (non-hydrogen) atoms. The molecule has 1 aliphatic heterocycles. The third kappa shape index (κ3) is 2.44. The Morgan fingerprint density at radius 3 is 2.31 bits per heavy atom. The lowest BCUT2D eigenvalue weighted by molar-refractivity contribution is -0.0529. The summed E-state index contributed by atoms with van der Waals surface area (Å²) in [4.78, 5) is 0. The maximum absolute atomic E-state index is 6.01. The third-order valence-electron chi connectivity index (χ3n) is 2.18. The first-order valence-electron chi connectivity index (χ1n) is 4.19. The van der Waals surface area contributed by atoms with Crippen molar-refractivity contribution in [2.24, 2.45) is 5.73 Å². The van der Waals surface area contributed by atoms with Crippen molar-refractivity contribution in [2.45, 2.75) is 12.0 Å². The van der Waals surface area contributed by atoms with Gasteiger partial charge in [0.25, 0.3) is 0 Å². The molecule has 2 N–H and O–H groups in total. The molecule has 72 valence electrons. The minimum Gasteiger partial charge on any atom is -0.377 e. The van der Waals surface area contributed by atoms with Crippen molar-refractivity contribution in [2.75, 3.05) is 13.2 Å². The Morgan fingerprint density at radius 2 is 1.85 bits per heavy atom. The highest BCUT2D eigenvalue weighted by Crippen LogP contribution is 2.18. The zero-order chi connectivity index (χ0) is 8.44. The monoisotopic (exact) mass is 199 g/mol. The third-order valence-corrected chi connectivity index (χ3v) is 2.18. The quantitative estimate of drug-likeness (QED) is 0.781. The predicted molar refractivity (Wildman–Crippen MR) is 55.1 cm³/mol. The van der Waals surface area contributed by atoms with Crippen LogP contribution in [0.15, 0.2) is 30.3 Å². The topological polar surface area (TPSA) is 35.2 Å². The van der Waals surface area contributed by atoms with Gasteiger partial charge in [-0.25, -0.2) is 0 Å². The second-order valence-corrected chi connectivity index (χ2v) is 3.52. The van der Waals surface area contributed by atoms with Crippen molar-refractivity contribution in [3.05, 3.63) is 35.9 Å². The van der Waals surface area contributed by atoms with Gasteiger partial charge >= 0.3 is 0 Å². The van der Waals surface area contributed by atoms with E-state index in [9.17, 15) is 0 Å². The number of ether oxygens (including phenoxy) is 1.